The third-order valence-electron chi connectivity index (χ3n) is 2.63. The number of sulfonamides is 1. The normalized spacial score (nSPS) is 12.8. The van der Waals surface area contributed by atoms with Gasteiger partial charge in [0.05, 0.1) is 11.8 Å². The Balaban J connectivity index is 3.17. The van der Waals surface area contributed by atoms with Crippen molar-refractivity contribution in [2.75, 3.05) is 4.72 Å². The minimum absolute atomic E-state index is 0.264. The van der Waals surface area contributed by atoms with Crippen molar-refractivity contribution in [3.05, 3.63) is 27.7 Å². The average molecular weight is 331 g/mol. The summed E-state index contributed by atoms with van der Waals surface area (Å²) >= 11 is 3.35. The lowest BCUT2D eigenvalue weighted by Crippen LogP contribution is -2.26. The van der Waals surface area contributed by atoms with E-state index in [1.165, 1.54) is 0 Å². The van der Waals surface area contributed by atoms with Gasteiger partial charge in [0.2, 0.25) is 10.0 Å². The maximum Gasteiger partial charge on any atom is 0.249 e. The van der Waals surface area contributed by atoms with Crippen LogP contribution in [-0.2, 0) is 10.0 Å². The first-order valence-corrected chi connectivity index (χ1v) is 7.83. The summed E-state index contributed by atoms with van der Waals surface area (Å²) in [7, 11) is -3.66. The molecule has 0 aliphatic carbocycles. The molecule has 18 heavy (non-hydrogen) atoms. The highest BCUT2D eigenvalue weighted by atomic mass is 79.9. The lowest BCUT2D eigenvalue weighted by molar-refractivity contribution is 0.592. The molecule has 1 unspecified atom stereocenters. The number of nitriles is 1. The van der Waals surface area contributed by atoms with Gasteiger partial charge in [-0.05, 0) is 43.5 Å². The van der Waals surface area contributed by atoms with Gasteiger partial charge in [0.15, 0.2) is 5.25 Å². The number of hydrogen-bond acceptors (Lipinski definition) is 3. The molecule has 0 heterocycles. The number of halogens is 1. The minimum Gasteiger partial charge on any atom is -0.282 e. The van der Waals surface area contributed by atoms with Crippen LogP contribution in [0.15, 0.2) is 16.6 Å². The summed E-state index contributed by atoms with van der Waals surface area (Å²) in [5.41, 5.74) is 2.18. The monoisotopic (exact) mass is 330 g/mol. The van der Waals surface area contributed by atoms with Gasteiger partial charge in [-0.25, -0.2) is 8.42 Å². The quantitative estimate of drug-likeness (QED) is 0.921. The molecule has 0 aliphatic rings. The van der Waals surface area contributed by atoms with Crippen LogP contribution in [0.25, 0.3) is 0 Å². The van der Waals surface area contributed by atoms with Crippen LogP contribution in [-0.4, -0.2) is 13.7 Å². The maximum absolute atomic E-state index is 12.0. The molecule has 0 aliphatic heterocycles. The zero-order valence-corrected chi connectivity index (χ0v) is 12.9. The molecular weight excluding hydrogens is 316 g/mol. The van der Waals surface area contributed by atoms with E-state index in [4.69, 9.17) is 5.26 Å². The molecule has 1 aromatic rings. The van der Waals surface area contributed by atoms with Gasteiger partial charge in [-0.2, -0.15) is 5.26 Å². The van der Waals surface area contributed by atoms with Crippen LogP contribution in [0.3, 0.4) is 0 Å². The van der Waals surface area contributed by atoms with Crippen molar-refractivity contribution in [1.82, 2.24) is 0 Å². The Kier molecular flexibility index (Phi) is 4.77. The second kappa shape index (κ2) is 5.72. The highest BCUT2D eigenvalue weighted by molar-refractivity contribution is 9.10. The lowest BCUT2D eigenvalue weighted by Gasteiger charge is -2.15. The Labute approximate surface area is 116 Å². The number of anilines is 1. The zero-order valence-electron chi connectivity index (χ0n) is 10.5. The third kappa shape index (κ3) is 3.24. The lowest BCUT2D eigenvalue weighted by atomic mass is 10.1. The average Bonchev–Trinajstić information content (AvgIpc) is 2.24. The largest absolute Gasteiger partial charge is 0.282 e. The second-order valence-electron chi connectivity index (χ2n) is 4.09. The fourth-order valence-corrected chi connectivity index (χ4v) is 3.68. The van der Waals surface area contributed by atoms with Crippen molar-refractivity contribution < 1.29 is 8.42 Å². The minimum atomic E-state index is -3.66. The molecule has 0 radical (unpaired) electrons. The van der Waals surface area contributed by atoms with Crippen molar-refractivity contribution in [2.45, 2.75) is 32.4 Å². The molecule has 0 saturated carbocycles. The Morgan fingerprint density at radius 2 is 1.89 bits per heavy atom. The van der Waals surface area contributed by atoms with Crippen LogP contribution in [0.5, 0.6) is 0 Å². The number of nitrogens with one attached hydrogen (secondary N) is 1. The van der Waals surface area contributed by atoms with Gasteiger partial charge in [0.1, 0.15) is 0 Å². The number of nitrogens with zero attached hydrogens (tertiary/aromatic N) is 1. The van der Waals surface area contributed by atoms with Crippen LogP contribution < -0.4 is 4.72 Å². The van der Waals surface area contributed by atoms with Gasteiger partial charge in [-0.1, -0.05) is 22.9 Å². The Bertz CT molecular complexity index is 568. The van der Waals surface area contributed by atoms with Gasteiger partial charge in [-0.15, -0.1) is 0 Å². The van der Waals surface area contributed by atoms with Crippen LogP contribution in [0, 0.1) is 25.2 Å². The van der Waals surface area contributed by atoms with Crippen molar-refractivity contribution >= 4 is 31.6 Å². The van der Waals surface area contributed by atoms with E-state index in [-0.39, 0.29) is 6.42 Å². The summed E-state index contributed by atoms with van der Waals surface area (Å²) in [5.74, 6) is 0. The molecule has 0 fully saturated rings. The molecule has 0 aromatic heterocycles. The van der Waals surface area contributed by atoms with Crippen LogP contribution in [0.4, 0.5) is 5.69 Å². The Hall–Kier alpha value is -1.06. The fourth-order valence-electron chi connectivity index (χ4n) is 1.67. The van der Waals surface area contributed by atoms with E-state index in [2.05, 4.69) is 20.7 Å². The van der Waals surface area contributed by atoms with E-state index in [9.17, 15) is 8.42 Å². The van der Waals surface area contributed by atoms with E-state index in [0.29, 0.717) is 5.69 Å². The van der Waals surface area contributed by atoms with Gasteiger partial charge in [-0.3, -0.25) is 4.72 Å². The predicted octanol–water partition coefficient (Wildman–Crippen LogP) is 3.11. The molecule has 1 aromatic carbocycles. The molecule has 0 saturated heterocycles. The second-order valence-corrected chi connectivity index (χ2v) is 6.87. The molecular formula is C12H15BrN2O2S. The maximum atomic E-state index is 12.0. The van der Waals surface area contributed by atoms with E-state index in [1.54, 1.807) is 13.0 Å². The first kappa shape index (κ1) is 15.0. The molecule has 1 rings (SSSR count). The van der Waals surface area contributed by atoms with Crippen LogP contribution in [0.2, 0.25) is 0 Å². The van der Waals surface area contributed by atoms with Gasteiger partial charge >= 0.3 is 0 Å². The third-order valence-corrected chi connectivity index (χ3v) is 4.77. The van der Waals surface area contributed by atoms with E-state index in [0.717, 1.165) is 15.6 Å². The fraction of sp³-hybridized carbons (Fsp3) is 0.417. The van der Waals surface area contributed by atoms with E-state index < -0.39 is 15.3 Å². The Morgan fingerprint density at radius 3 is 2.28 bits per heavy atom. The molecule has 0 spiro atoms. The molecule has 4 nitrogen and oxygen atoms in total. The molecule has 1 N–H and O–H groups in total. The van der Waals surface area contributed by atoms with E-state index in [1.807, 2.05) is 26.0 Å². The predicted molar refractivity (Wildman–Crippen MR) is 75.9 cm³/mol. The smallest absolute Gasteiger partial charge is 0.249 e. The highest BCUT2D eigenvalue weighted by Gasteiger charge is 2.24. The topological polar surface area (TPSA) is 70.0 Å². The first-order valence-electron chi connectivity index (χ1n) is 5.49. The molecule has 98 valence electrons. The van der Waals surface area contributed by atoms with Crippen molar-refractivity contribution in [3.8, 4) is 6.07 Å². The van der Waals surface area contributed by atoms with E-state index >= 15 is 0 Å². The molecule has 1 atom stereocenters. The number of hydrogen-bond donors (Lipinski definition) is 1. The number of benzene rings is 1. The number of aryl methyl sites for hydroxylation is 2. The molecule has 6 heteroatoms. The molecule has 0 bridgehead atoms. The number of rotatable bonds is 4. The summed E-state index contributed by atoms with van der Waals surface area (Å²) in [6.07, 6.45) is 0.264. The SMILES string of the molecule is CCC(C#N)S(=O)(=O)Nc1c(C)cc(Br)cc1C. The van der Waals surface area contributed by atoms with Gasteiger partial charge in [0.25, 0.3) is 0 Å². The zero-order chi connectivity index (χ0) is 13.9. The summed E-state index contributed by atoms with van der Waals surface area (Å²) in [5, 5.41) is 7.82. The van der Waals surface area contributed by atoms with Crippen LogP contribution >= 0.6 is 15.9 Å². The van der Waals surface area contributed by atoms with Crippen LogP contribution in [0.1, 0.15) is 24.5 Å². The standard InChI is InChI=1S/C12H15BrN2O2S/c1-4-11(7-14)18(16,17)15-12-8(2)5-10(13)6-9(12)3/h5-6,11,15H,4H2,1-3H3. The van der Waals surface area contributed by atoms with Crippen molar-refractivity contribution in [3.63, 3.8) is 0 Å². The summed E-state index contributed by atoms with van der Waals surface area (Å²) in [4.78, 5) is 0. The molecule has 0 amide bonds. The summed E-state index contributed by atoms with van der Waals surface area (Å²) in [6.45, 7) is 5.32. The Morgan fingerprint density at radius 1 is 1.39 bits per heavy atom. The summed E-state index contributed by atoms with van der Waals surface area (Å²) < 4.78 is 27.4. The highest BCUT2D eigenvalue weighted by Crippen LogP contribution is 2.26. The van der Waals surface area contributed by atoms with Gasteiger partial charge < -0.3 is 0 Å². The summed E-state index contributed by atoms with van der Waals surface area (Å²) in [6, 6.07) is 5.47. The van der Waals surface area contributed by atoms with Crippen molar-refractivity contribution in [1.29, 1.82) is 5.26 Å². The van der Waals surface area contributed by atoms with Crippen molar-refractivity contribution in [2.24, 2.45) is 0 Å². The van der Waals surface area contributed by atoms with Gasteiger partial charge in [0, 0.05) is 4.47 Å². The first-order chi connectivity index (χ1) is 8.31.